The number of thioether (sulfide) groups is 1. The molecule has 1 amide bonds. The Kier molecular flexibility index (Phi) is 7.88. The van der Waals surface area contributed by atoms with Crippen LogP contribution in [-0.2, 0) is 17.1 Å². The molecule has 7 heteroatoms. The van der Waals surface area contributed by atoms with Crippen LogP contribution in [0.25, 0.3) is 5.69 Å². The molecule has 35 heavy (non-hydrogen) atoms. The standard InChI is InChI=1S/C28H30N4OS2/c1-20(2)31(23-10-6-5-7-11-23)27(33)18-30-28(34)32(24-12-8-9-22(4)17-24)26(29-30)19-35-25-15-13-21(3)14-16-25/h5-17,20H,18-19H2,1-4H3. The van der Waals surface area contributed by atoms with Crippen LogP contribution in [0.3, 0.4) is 0 Å². The molecule has 0 aliphatic heterocycles. The van der Waals surface area contributed by atoms with Crippen LogP contribution in [0, 0.1) is 18.6 Å². The summed E-state index contributed by atoms with van der Waals surface area (Å²) < 4.78 is 4.16. The van der Waals surface area contributed by atoms with E-state index < -0.39 is 0 Å². The number of amides is 1. The van der Waals surface area contributed by atoms with Gasteiger partial charge in [-0.3, -0.25) is 9.36 Å². The Morgan fingerprint density at radius 1 is 0.971 bits per heavy atom. The normalized spacial score (nSPS) is 11.1. The number of carbonyl (C=O) groups is 1. The van der Waals surface area contributed by atoms with E-state index in [-0.39, 0.29) is 18.5 Å². The van der Waals surface area contributed by atoms with Crippen LogP contribution in [0.4, 0.5) is 5.69 Å². The minimum Gasteiger partial charge on any atom is -0.308 e. The number of anilines is 1. The van der Waals surface area contributed by atoms with Crippen LogP contribution in [-0.4, -0.2) is 26.3 Å². The zero-order chi connectivity index (χ0) is 24.9. The molecule has 0 fully saturated rings. The van der Waals surface area contributed by atoms with Crippen molar-refractivity contribution >= 4 is 35.6 Å². The lowest BCUT2D eigenvalue weighted by molar-refractivity contribution is -0.119. The van der Waals surface area contributed by atoms with Crippen LogP contribution in [0.2, 0.25) is 0 Å². The topological polar surface area (TPSA) is 43.1 Å². The van der Waals surface area contributed by atoms with Gasteiger partial charge in [0.15, 0.2) is 0 Å². The SMILES string of the molecule is Cc1ccc(SCc2nn(CC(=O)N(c3ccccc3)C(C)C)c(=S)n2-c2cccc(C)c2)cc1. The number of carbonyl (C=O) groups excluding carboxylic acids is 1. The second-order valence-electron chi connectivity index (χ2n) is 8.83. The number of nitrogens with zero attached hydrogens (tertiary/aromatic N) is 4. The lowest BCUT2D eigenvalue weighted by atomic mass is 10.2. The largest absolute Gasteiger partial charge is 0.308 e. The third kappa shape index (κ3) is 5.92. The second-order valence-corrected chi connectivity index (χ2v) is 10.2. The van der Waals surface area contributed by atoms with Crippen molar-refractivity contribution in [2.75, 3.05) is 4.90 Å². The van der Waals surface area contributed by atoms with Gasteiger partial charge >= 0.3 is 0 Å². The summed E-state index contributed by atoms with van der Waals surface area (Å²) in [5.74, 6) is 1.40. The summed E-state index contributed by atoms with van der Waals surface area (Å²) in [6.45, 7) is 8.24. The van der Waals surface area contributed by atoms with Gasteiger partial charge in [-0.15, -0.1) is 11.8 Å². The van der Waals surface area contributed by atoms with E-state index in [1.165, 1.54) is 5.56 Å². The maximum Gasteiger partial charge on any atom is 0.249 e. The van der Waals surface area contributed by atoms with E-state index in [0.717, 1.165) is 27.7 Å². The first-order valence-electron chi connectivity index (χ1n) is 11.7. The van der Waals surface area contributed by atoms with E-state index >= 15 is 0 Å². The summed E-state index contributed by atoms with van der Waals surface area (Å²) in [6.07, 6.45) is 0. The van der Waals surface area contributed by atoms with E-state index in [4.69, 9.17) is 17.3 Å². The zero-order valence-electron chi connectivity index (χ0n) is 20.5. The van der Waals surface area contributed by atoms with Gasteiger partial charge in [0.1, 0.15) is 12.4 Å². The molecule has 0 spiro atoms. The summed E-state index contributed by atoms with van der Waals surface area (Å²) >= 11 is 7.56. The zero-order valence-corrected chi connectivity index (χ0v) is 22.1. The average molecular weight is 503 g/mol. The maximum atomic E-state index is 13.4. The minimum atomic E-state index is -0.0473. The number of para-hydroxylation sites is 1. The highest BCUT2D eigenvalue weighted by Gasteiger charge is 2.22. The van der Waals surface area contributed by atoms with Gasteiger partial charge in [-0.05, 0) is 81.9 Å². The quantitative estimate of drug-likeness (QED) is 0.197. The third-order valence-electron chi connectivity index (χ3n) is 5.66. The van der Waals surface area contributed by atoms with Crippen LogP contribution in [0.5, 0.6) is 0 Å². The highest BCUT2D eigenvalue weighted by molar-refractivity contribution is 7.98. The van der Waals surface area contributed by atoms with Gasteiger partial charge in [0.2, 0.25) is 10.7 Å². The monoisotopic (exact) mass is 502 g/mol. The Balaban J connectivity index is 1.68. The van der Waals surface area contributed by atoms with Crippen molar-refractivity contribution in [1.82, 2.24) is 14.3 Å². The fraction of sp³-hybridized carbons (Fsp3) is 0.250. The van der Waals surface area contributed by atoms with Crippen LogP contribution in [0.1, 0.15) is 30.8 Å². The van der Waals surface area contributed by atoms with Crippen molar-refractivity contribution in [2.24, 2.45) is 0 Å². The first-order chi connectivity index (χ1) is 16.8. The van der Waals surface area contributed by atoms with Crippen molar-refractivity contribution in [2.45, 2.75) is 50.9 Å². The lowest BCUT2D eigenvalue weighted by Gasteiger charge is -2.26. The summed E-state index contributed by atoms with van der Waals surface area (Å²) in [7, 11) is 0. The minimum absolute atomic E-state index is 0.00879. The molecular weight excluding hydrogens is 472 g/mol. The molecule has 4 rings (SSSR count). The van der Waals surface area contributed by atoms with Gasteiger partial charge in [-0.1, -0.05) is 48.0 Å². The number of aromatic nitrogens is 3. The molecular formula is C28H30N4OS2. The van der Waals surface area contributed by atoms with Crippen molar-refractivity contribution in [3.63, 3.8) is 0 Å². The first-order valence-corrected chi connectivity index (χ1v) is 13.0. The van der Waals surface area contributed by atoms with E-state index in [1.807, 2.05) is 60.9 Å². The molecule has 0 N–H and O–H groups in total. The van der Waals surface area contributed by atoms with E-state index in [9.17, 15) is 4.79 Å². The van der Waals surface area contributed by atoms with Crippen molar-refractivity contribution in [3.05, 3.63) is 101 Å². The summed E-state index contributed by atoms with van der Waals surface area (Å²) in [4.78, 5) is 16.4. The average Bonchev–Trinajstić information content (AvgIpc) is 3.14. The molecule has 1 aromatic heterocycles. The first kappa shape index (κ1) is 24.9. The van der Waals surface area contributed by atoms with Crippen molar-refractivity contribution in [3.8, 4) is 5.69 Å². The van der Waals surface area contributed by atoms with Gasteiger partial charge in [-0.2, -0.15) is 5.10 Å². The summed E-state index contributed by atoms with van der Waals surface area (Å²) in [6, 6.07) is 26.4. The Morgan fingerprint density at radius 2 is 1.69 bits per heavy atom. The number of aryl methyl sites for hydroxylation is 2. The highest BCUT2D eigenvalue weighted by atomic mass is 32.2. The molecule has 0 radical (unpaired) electrons. The Morgan fingerprint density at radius 3 is 2.34 bits per heavy atom. The van der Waals surface area contributed by atoms with Crippen LogP contribution < -0.4 is 4.90 Å². The molecule has 3 aromatic carbocycles. The summed E-state index contributed by atoms with van der Waals surface area (Å²) in [5, 5.41) is 4.83. The van der Waals surface area contributed by atoms with Gasteiger partial charge in [0.05, 0.1) is 5.75 Å². The highest BCUT2D eigenvalue weighted by Crippen LogP contribution is 2.25. The Hall–Kier alpha value is -3.16. The molecule has 1 heterocycles. The van der Waals surface area contributed by atoms with Gasteiger partial charge in [0, 0.05) is 22.3 Å². The number of benzene rings is 3. The molecule has 4 aromatic rings. The van der Waals surface area contributed by atoms with Gasteiger partial charge in [0.25, 0.3) is 0 Å². The molecule has 0 bridgehead atoms. The molecule has 5 nitrogen and oxygen atoms in total. The predicted octanol–water partition coefficient (Wildman–Crippen LogP) is 6.75. The fourth-order valence-electron chi connectivity index (χ4n) is 3.98. The molecule has 0 atom stereocenters. The lowest BCUT2D eigenvalue weighted by Crippen LogP contribution is -2.39. The maximum absolute atomic E-state index is 13.4. The molecule has 180 valence electrons. The van der Waals surface area contributed by atoms with E-state index in [2.05, 4.69) is 50.2 Å². The van der Waals surface area contributed by atoms with Crippen molar-refractivity contribution < 1.29 is 4.79 Å². The molecule has 0 aliphatic rings. The third-order valence-corrected chi connectivity index (χ3v) is 7.06. The van der Waals surface area contributed by atoms with E-state index in [1.54, 1.807) is 21.3 Å². The van der Waals surface area contributed by atoms with Crippen LogP contribution >= 0.6 is 24.0 Å². The molecule has 0 saturated carbocycles. The fourth-order valence-corrected chi connectivity index (χ4v) is 5.11. The number of hydrogen-bond donors (Lipinski definition) is 0. The van der Waals surface area contributed by atoms with Crippen LogP contribution in [0.15, 0.2) is 83.8 Å². The van der Waals surface area contributed by atoms with Gasteiger partial charge in [-0.25, -0.2) is 4.68 Å². The molecule has 0 saturated heterocycles. The molecule has 0 unspecified atom stereocenters. The number of rotatable bonds is 8. The van der Waals surface area contributed by atoms with E-state index in [0.29, 0.717) is 10.5 Å². The second kappa shape index (κ2) is 11.1. The molecule has 0 aliphatic carbocycles. The Labute approximate surface area is 216 Å². The van der Waals surface area contributed by atoms with Gasteiger partial charge < -0.3 is 4.90 Å². The summed E-state index contributed by atoms with van der Waals surface area (Å²) in [5.41, 5.74) is 4.19. The predicted molar refractivity (Wildman–Crippen MR) is 147 cm³/mol. The smallest absolute Gasteiger partial charge is 0.249 e. The van der Waals surface area contributed by atoms with Crippen molar-refractivity contribution in [1.29, 1.82) is 0 Å². The number of hydrogen-bond acceptors (Lipinski definition) is 4. The Bertz CT molecular complexity index is 1360.